The van der Waals surface area contributed by atoms with Crippen LogP contribution in [0.4, 0.5) is 0 Å². The summed E-state index contributed by atoms with van der Waals surface area (Å²) in [5, 5.41) is 0. The molecule has 0 spiro atoms. The van der Waals surface area contributed by atoms with Crippen molar-refractivity contribution in [2.45, 2.75) is 13.2 Å². The summed E-state index contributed by atoms with van der Waals surface area (Å²) < 4.78 is 10.3. The largest absolute Gasteiger partial charge is 0.355 e. The van der Waals surface area contributed by atoms with Crippen LogP contribution in [0.2, 0.25) is 0 Å². The van der Waals surface area contributed by atoms with Crippen LogP contribution in [0, 0.1) is 0 Å². The molecule has 0 N–H and O–H groups in total. The fourth-order valence-corrected chi connectivity index (χ4v) is 1.70. The first-order valence-electron chi connectivity index (χ1n) is 5.21. The first-order valence-corrected chi connectivity index (χ1v) is 5.21. The van der Waals surface area contributed by atoms with E-state index in [1.54, 1.807) is 21.1 Å². The summed E-state index contributed by atoms with van der Waals surface area (Å²) in [5.74, 6) is 0.157. The van der Waals surface area contributed by atoms with Crippen molar-refractivity contribution in [2.24, 2.45) is 0 Å². The predicted octanol–water partition coefficient (Wildman–Crippen LogP) is -0.231. The minimum absolute atomic E-state index is 0.157. The predicted molar refractivity (Wildman–Crippen MR) is 56.5 cm³/mol. The topological polar surface area (TPSA) is 42.0 Å². The second-order valence-corrected chi connectivity index (χ2v) is 3.71. The lowest BCUT2D eigenvalue weighted by atomic mass is 10.3. The SMILES string of the molecule is COC(CN1CCN(C(C)=O)CC1)OC. The Hall–Kier alpha value is -0.650. The smallest absolute Gasteiger partial charge is 0.219 e. The van der Waals surface area contributed by atoms with Crippen LogP contribution < -0.4 is 0 Å². The zero-order valence-electron chi connectivity index (χ0n) is 9.73. The Kier molecular flexibility index (Phi) is 5.01. The summed E-state index contributed by atoms with van der Waals surface area (Å²) in [6.07, 6.45) is -0.172. The van der Waals surface area contributed by atoms with Gasteiger partial charge in [-0.15, -0.1) is 0 Å². The molecule has 0 radical (unpaired) electrons. The van der Waals surface area contributed by atoms with Crippen LogP contribution in [0.15, 0.2) is 0 Å². The first kappa shape index (κ1) is 12.4. The minimum atomic E-state index is -0.172. The number of hydrogen-bond acceptors (Lipinski definition) is 4. The Morgan fingerprint density at radius 1 is 1.20 bits per heavy atom. The van der Waals surface area contributed by atoms with E-state index in [9.17, 15) is 4.79 Å². The highest BCUT2D eigenvalue weighted by molar-refractivity contribution is 5.73. The van der Waals surface area contributed by atoms with Crippen LogP contribution in [0.25, 0.3) is 0 Å². The van der Waals surface area contributed by atoms with Crippen molar-refractivity contribution in [2.75, 3.05) is 46.9 Å². The van der Waals surface area contributed by atoms with Gasteiger partial charge in [0.15, 0.2) is 6.29 Å². The average Bonchev–Trinajstić information content (AvgIpc) is 2.26. The molecule has 1 saturated heterocycles. The summed E-state index contributed by atoms with van der Waals surface area (Å²) in [6.45, 7) is 5.76. The van der Waals surface area contributed by atoms with Gasteiger partial charge in [0, 0.05) is 53.9 Å². The highest BCUT2D eigenvalue weighted by Crippen LogP contribution is 2.04. The molecule has 1 heterocycles. The maximum atomic E-state index is 11.1. The Labute approximate surface area is 90.9 Å². The lowest BCUT2D eigenvalue weighted by Gasteiger charge is -2.35. The van der Waals surface area contributed by atoms with Crippen LogP contribution >= 0.6 is 0 Å². The van der Waals surface area contributed by atoms with Gasteiger partial charge < -0.3 is 14.4 Å². The number of methoxy groups -OCH3 is 2. The Balaban J connectivity index is 2.28. The summed E-state index contributed by atoms with van der Waals surface area (Å²) >= 11 is 0. The van der Waals surface area contributed by atoms with Gasteiger partial charge in [-0.2, -0.15) is 0 Å². The Morgan fingerprint density at radius 3 is 2.13 bits per heavy atom. The van der Waals surface area contributed by atoms with Gasteiger partial charge in [0.25, 0.3) is 0 Å². The molecule has 15 heavy (non-hydrogen) atoms. The lowest BCUT2D eigenvalue weighted by Crippen LogP contribution is -2.50. The van der Waals surface area contributed by atoms with Crippen molar-refractivity contribution >= 4 is 5.91 Å². The number of hydrogen-bond donors (Lipinski definition) is 0. The molecule has 1 aliphatic heterocycles. The van der Waals surface area contributed by atoms with Crippen molar-refractivity contribution < 1.29 is 14.3 Å². The van der Waals surface area contributed by atoms with E-state index < -0.39 is 0 Å². The fraction of sp³-hybridized carbons (Fsp3) is 0.900. The molecule has 0 unspecified atom stereocenters. The molecule has 1 fully saturated rings. The second-order valence-electron chi connectivity index (χ2n) is 3.71. The Morgan fingerprint density at radius 2 is 1.73 bits per heavy atom. The molecule has 0 aromatic carbocycles. The Bertz CT molecular complexity index is 199. The third kappa shape index (κ3) is 3.77. The average molecular weight is 216 g/mol. The van der Waals surface area contributed by atoms with E-state index in [0.717, 1.165) is 32.7 Å². The van der Waals surface area contributed by atoms with Gasteiger partial charge in [-0.25, -0.2) is 0 Å². The van der Waals surface area contributed by atoms with Crippen LogP contribution in [0.5, 0.6) is 0 Å². The molecule has 0 aromatic heterocycles. The van der Waals surface area contributed by atoms with Crippen molar-refractivity contribution in [1.82, 2.24) is 9.80 Å². The third-order valence-corrected chi connectivity index (χ3v) is 2.75. The molecule has 5 heteroatoms. The van der Waals surface area contributed by atoms with Gasteiger partial charge >= 0.3 is 0 Å². The van der Waals surface area contributed by atoms with Gasteiger partial charge in [0.05, 0.1) is 0 Å². The second kappa shape index (κ2) is 6.05. The maximum Gasteiger partial charge on any atom is 0.219 e. The standard InChI is InChI=1S/C10H20N2O3/c1-9(13)12-6-4-11(5-7-12)8-10(14-2)15-3/h10H,4-8H2,1-3H3. The molecule has 1 aliphatic rings. The molecule has 0 aliphatic carbocycles. The van der Waals surface area contributed by atoms with E-state index in [2.05, 4.69) is 4.90 Å². The highest BCUT2D eigenvalue weighted by atomic mass is 16.7. The van der Waals surface area contributed by atoms with Crippen molar-refractivity contribution in [3.05, 3.63) is 0 Å². The van der Waals surface area contributed by atoms with E-state index in [4.69, 9.17) is 9.47 Å². The normalized spacial score (nSPS) is 18.5. The summed E-state index contributed by atoms with van der Waals surface area (Å²) in [5.41, 5.74) is 0. The monoisotopic (exact) mass is 216 g/mol. The highest BCUT2D eigenvalue weighted by Gasteiger charge is 2.20. The van der Waals surface area contributed by atoms with E-state index in [0.29, 0.717) is 0 Å². The fourth-order valence-electron chi connectivity index (χ4n) is 1.70. The van der Waals surface area contributed by atoms with Crippen molar-refractivity contribution in [1.29, 1.82) is 0 Å². The van der Waals surface area contributed by atoms with Gasteiger partial charge in [-0.05, 0) is 0 Å². The molecule has 1 amide bonds. The van der Waals surface area contributed by atoms with E-state index in [1.165, 1.54) is 0 Å². The number of rotatable bonds is 4. The molecule has 5 nitrogen and oxygen atoms in total. The molecular weight excluding hydrogens is 196 g/mol. The van der Waals surface area contributed by atoms with Crippen molar-refractivity contribution in [3.63, 3.8) is 0 Å². The molecule has 0 bridgehead atoms. The molecule has 88 valence electrons. The van der Waals surface area contributed by atoms with Crippen LogP contribution in [-0.4, -0.2) is 68.9 Å². The number of piperazine rings is 1. The summed E-state index contributed by atoms with van der Waals surface area (Å²) in [6, 6.07) is 0. The molecule has 0 saturated carbocycles. The third-order valence-electron chi connectivity index (χ3n) is 2.75. The molecular formula is C10H20N2O3. The number of amides is 1. The van der Waals surface area contributed by atoms with E-state index >= 15 is 0 Å². The zero-order chi connectivity index (χ0) is 11.3. The van der Waals surface area contributed by atoms with Crippen molar-refractivity contribution in [3.8, 4) is 0 Å². The maximum absolute atomic E-state index is 11.1. The van der Waals surface area contributed by atoms with E-state index in [-0.39, 0.29) is 12.2 Å². The number of ether oxygens (including phenoxy) is 2. The first-order chi connectivity index (χ1) is 7.17. The molecule has 0 atom stereocenters. The summed E-state index contributed by atoms with van der Waals surface area (Å²) in [7, 11) is 3.28. The number of carbonyl (C=O) groups is 1. The number of nitrogens with zero attached hydrogens (tertiary/aromatic N) is 2. The van der Waals surface area contributed by atoms with Gasteiger partial charge in [-0.3, -0.25) is 9.69 Å². The van der Waals surface area contributed by atoms with Gasteiger partial charge in [0.2, 0.25) is 5.91 Å². The van der Waals surface area contributed by atoms with Gasteiger partial charge in [-0.1, -0.05) is 0 Å². The molecule has 0 aromatic rings. The van der Waals surface area contributed by atoms with Crippen LogP contribution in [0.3, 0.4) is 0 Å². The summed E-state index contributed by atoms with van der Waals surface area (Å²) in [4.78, 5) is 15.2. The quantitative estimate of drug-likeness (QED) is 0.609. The van der Waals surface area contributed by atoms with Crippen LogP contribution in [-0.2, 0) is 14.3 Å². The minimum Gasteiger partial charge on any atom is -0.355 e. The van der Waals surface area contributed by atoms with Gasteiger partial charge in [0.1, 0.15) is 0 Å². The molecule has 1 rings (SSSR count). The lowest BCUT2D eigenvalue weighted by molar-refractivity contribution is -0.134. The van der Waals surface area contributed by atoms with Crippen LogP contribution in [0.1, 0.15) is 6.92 Å². The van der Waals surface area contributed by atoms with E-state index in [1.807, 2.05) is 4.90 Å². The number of carbonyl (C=O) groups excluding carboxylic acids is 1. The zero-order valence-corrected chi connectivity index (χ0v) is 9.73.